The van der Waals surface area contributed by atoms with Crippen LogP contribution in [0.5, 0.6) is 0 Å². The summed E-state index contributed by atoms with van der Waals surface area (Å²) < 4.78 is 1.83. The van der Waals surface area contributed by atoms with Crippen molar-refractivity contribution in [2.75, 3.05) is 19.6 Å². The Morgan fingerprint density at radius 2 is 2.10 bits per heavy atom. The Hall–Kier alpha value is -2.51. The summed E-state index contributed by atoms with van der Waals surface area (Å²) in [7, 11) is 0. The van der Waals surface area contributed by atoms with Crippen molar-refractivity contribution in [2.24, 2.45) is 5.73 Å². The van der Waals surface area contributed by atoms with Gasteiger partial charge in [0.25, 0.3) is 5.56 Å². The first-order valence-electron chi connectivity index (χ1n) is 10.5. The number of hydrogen-bond acceptors (Lipinski definition) is 5. The first-order valence-corrected chi connectivity index (χ1v) is 10.5. The van der Waals surface area contributed by atoms with Gasteiger partial charge in [0.1, 0.15) is 11.9 Å². The third kappa shape index (κ3) is 3.84. The molecule has 0 spiro atoms. The van der Waals surface area contributed by atoms with E-state index in [1.165, 1.54) is 0 Å². The molecule has 7 heteroatoms. The molecule has 2 aliphatic rings. The maximum absolute atomic E-state index is 13.4. The molecule has 0 bridgehead atoms. The molecule has 1 saturated heterocycles. The second-order valence-corrected chi connectivity index (χ2v) is 7.91. The fourth-order valence-electron chi connectivity index (χ4n) is 4.64. The summed E-state index contributed by atoms with van der Waals surface area (Å²) in [5, 5.41) is 3.25. The van der Waals surface area contributed by atoms with Crippen LogP contribution in [0.4, 0.5) is 0 Å². The number of benzene rings is 1. The molecule has 2 heterocycles. The lowest BCUT2D eigenvalue weighted by atomic mass is 10.0. The maximum Gasteiger partial charge on any atom is 0.257 e. The van der Waals surface area contributed by atoms with Crippen molar-refractivity contribution < 1.29 is 4.79 Å². The molecule has 4 rings (SSSR count). The minimum absolute atomic E-state index is 0.0653. The minimum Gasteiger partial charge on any atom is -0.368 e. The van der Waals surface area contributed by atoms with Crippen molar-refractivity contribution in [3.8, 4) is 0 Å². The normalized spacial score (nSPS) is 20.4. The van der Waals surface area contributed by atoms with Crippen molar-refractivity contribution in [2.45, 2.75) is 51.2 Å². The van der Waals surface area contributed by atoms with Crippen LogP contribution in [0.25, 0.3) is 0 Å². The summed E-state index contributed by atoms with van der Waals surface area (Å²) in [6, 6.07) is 9.47. The number of primary amides is 1. The SMILES string of the molecule is CCC(c1nc2c(c(=O)n1Cc1ccccc1)CCC2)N1CCNCC1C(N)=O. The molecule has 1 aromatic carbocycles. The highest BCUT2D eigenvalue weighted by Gasteiger charge is 2.35. The van der Waals surface area contributed by atoms with Gasteiger partial charge >= 0.3 is 0 Å². The number of carbonyl (C=O) groups is 1. The summed E-state index contributed by atoms with van der Waals surface area (Å²) in [6.07, 6.45) is 3.37. The van der Waals surface area contributed by atoms with E-state index in [1.807, 2.05) is 34.9 Å². The van der Waals surface area contributed by atoms with Crippen LogP contribution < -0.4 is 16.6 Å². The van der Waals surface area contributed by atoms with E-state index in [4.69, 9.17) is 10.7 Å². The van der Waals surface area contributed by atoms with Gasteiger partial charge in [-0.05, 0) is 31.2 Å². The molecule has 2 aromatic rings. The maximum atomic E-state index is 13.4. The number of amides is 1. The molecule has 1 fully saturated rings. The third-order valence-electron chi connectivity index (χ3n) is 6.10. The van der Waals surface area contributed by atoms with Crippen LogP contribution in [0.2, 0.25) is 0 Å². The van der Waals surface area contributed by atoms with Gasteiger partial charge in [-0.15, -0.1) is 0 Å². The summed E-state index contributed by atoms with van der Waals surface area (Å²) in [5.41, 5.74) is 8.61. The van der Waals surface area contributed by atoms with Crippen LogP contribution in [-0.2, 0) is 24.2 Å². The molecular formula is C22H29N5O2. The largest absolute Gasteiger partial charge is 0.368 e. The third-order valence-corrected chi connectivity index (χ3v) is 6.10. The van der Waals surface area contributed by atoms with Gasteiger partial charge in [-0.3, -0.25) is 19.1 Å². The van der Waals surface area contributed by atoms with E-state index < -0.39 is 6.04 Å². The number of hydrogen-bond donors (Lipinski definition) is 2. The van der Waals surface area contributed by atoms with Gasteiger partial charge < -0.3 is 11.1 Å². The second kappa shape index (κ2) is 8.47. The Kier molecular flexibility index (Phi) is 5.78. The van der Waals surface area contributed by atoms with E-state index >= 15 is 0 Å². The van der Waals surface area contributed by atoms with E-state index in [2.05, 4.69) is 17.1 Å². The van der Waals surface area contributed by atoms with E-state index in [0.717, 1.165) is 54.9 Å². The van der Waals surface area contributed by atoms with E-state index in [1.54, 1.807) is 0 Å². The van der Waals surface area contributed by atoms with E-state index in [0.29, 0.717) is 19.6 Å². The van der Waals surface area contributed by atoms with Crippen LogP contribution >= 0.6 is 0 Å². The number of nitrogens with zero attached hydrogens (tertiary/aromatic N) is 3. The zero-order valence-corrected chi connectivity index (χ0v) is 16.9. The number of piperazine rings is 1. The fourth-order valence-corrected chi connectivity index (χ4v) is 4.64. The molecule has 1 aliphatic heterocycles. The van der Waals surface area contributed by atoms with E-state index in [-0.39, 0.29) is 17.5 Å². The standard InChI is InChI=1S/C22H29N5O2/c1-2-18(26-12-11-24-13-19(26)20(23)28)21-25-17-10-6-9-16(17)22(29)27(21)14-15-7-4-3-5-8-15/h3-5,7-8,18-19,24H,2,6,9-14H2,1H3,(H2,23,28). The van der Waals surface area contributed by atoms with Gasteiger partial charge in [0.15, 0.2) is 0 Å². The van der Waals surface area contributed by atoms with Gasteiger partial charge in [-0.1, -0.05) is 37.3 Å². The van der Waals surface area contributed by atoms with E-state index in [9.17, 15) is 9.59 Å². The quantitative estimate of drug-likeness (QED) is 0.761. The molecule has 29 heavy (non-hydrogen) atoms. The van der Waals surface area contributed by atoms with Crippen molar-refractivity contribution >= 4 is 5.91 Å². The van der Waals surface area contributed by atoms with Crippen LogP contribution in [0.1, 0.15) is 48.5 Å². The number of carbonyl (C=O) groups excluding carboxylic acids is 1. The van der Waals surface area contributed by atoms with Gasteiger partial charge in [0.2, 0.25) is 5.91 Å². The van der Waals surface area contributed by atoms with Gasteiger partial charge in [-0.2, -0.15) is 0 Å². The predicted molar refractivity (Wildman–Crippen MR) is 112 cm³/mol. The number of fused-ring (bicyclic) bond motifs is 1. The molecule has 0 radical (unpaired) electrons. The van der Waals surface area contributed by atoms with Crippen molar-refractivity contribution in [3.63, 3.8) is 0 Å². The molecule has 3 N–H and O–H groups in total. The zero-order valence-electron chi connectivity index (χ0n) is 16.9. The Labute approximate surface area is 170 Å². The first-order chi connectivity index (χ1) is 14.1. The monoisotopic (exact) mass is 395 g/mol. The number of aryl methyl sites for hydroxylation is 1. The lowest BCUT2D eigenvalue weighted by molar-refractivity contribution is -0.125. The highest BCUT2D eigenvalue weighted by Crippen LogP contribution is 2.28. The molecule has 1 amide bonds. The predicted octanol–water partition coefficient (Wildman–Crippen LogP) is 0.991. The zero-order chi connectivity index (χ0) is 20.4. The first kappa shape index (κ1) is 19.8. The number of nitrogens with two attached hydrogens (primary N) is 1. The molecule has 7 nitrogen and oxygen atoms in total. The van der Waals surface area contributed by atoms with Crippen molar-refractivity contribution in [1.82, 2.24) is 19.8 Å². The topological polar surface area (TPSA) is 93.2 Å². The van der Waals surface area contributed by atoms with Crippen molar-refractivity contribution in [1.29, 1.82) is 0 Å². The van der Waals surface area contributed by atoms with Gasteiger partial charge in [0, 0.05) is 25.2 Å². The fraction of sp³-hybridized carbons (Fsp3) is 0.500. The molecule has 0 saturated carbocycles. The lowest BCUT2D eigenvalue weighted by Crippen LogP contribution is -2.58. The average Bonchev–Trinajstić information content (AvgIpc) is 3.21. The minimum atomic E-state index is -0.399. The van der Waals surface area contributed by atoms with Crippen LogP contribution in [0.15, 0.2) is 35.1 Å². The number of rotatable bonds is 6. The second-order valence-electron chi connectivity index (χ2n) is 7.91. The molecule has 1 aromatic heterocycles. The molecule has 154 valence electrons. The molecule has 2 unspecified atom stereocenters. The summed E-state index contributed by atoms with van der Waals surface area (Å²) in [6.45, 7) is 4.58. The highest BCUT2D eigenvalue weighted by molar-refractivity contribution is 5.80. The van der Waals surface area contributed by atoms with Crippen molar-refractivity contribution in [3.05, 3.63) is 63.3 Å². The van der Waals surface area contributed by atoms with Crippen LogP contribution in [-0.4, -0.2) is 46.0 Å². The Morgan fingerprint density at radius 1 is 1.31 bits per heavy atom. The average molecular weight is 396 g/mol. The lowest BCUT2D eigenvalue weighted by Gasteiger charge is -2.40. The van der Waals surface area contributed by atoms with Crippen LogP contribution in [0, 0.1) is 0 Å². The summed E-state index contributed by atoms with van der Waals surface area (Å²) in [5.74, 6) is 0.420. The van der Waals surface area contributed by atoms with Gasteiger partial charge in [-0.25, -0.2) is 4.98 Å². The summed E-state index contributed by atoms with van der Waals surface area (Å²) >= 11 is 0. The molecular weight excluding hydrogens is 366 g/mol. The number of nitrogens with one attached hydrogen (secondary N) is 1. The number of aromatic nitrogens is 2. The van der Waals surface area contributed by atoms with Gasteiger partial charge in [0.05, 0.1) is 18.3 Å². The Bertz CT molecular complexity index is 940. The molecule has 2 atom stereocenters. The summed E-state index contributed by atoms with van der Waals surface area (Å²) in [4.78, 5) is 32.6. The Morgan fingerprint density at radius 3 is 2.83 bits per heavy atom. The van der Waals surface area contributed by atoms with Crippen LogP contribution in [0.3, 0.4) is 0 Å². The Balaban J connectivity index is 1.81. The smallest absolute Gasteiger partial charge is 0.257 e. The molecule has 1 aliphatic carbocycles. The highest BCUT2D eigenvalue weighted by atomic mass is 16.1.